The van der Waals surface area contributed by atoms with Crippen LogP contribution in [0.2, 0.25) is 0 Å². The molecule has 42 heavy (non-hydrogen) atoms. The number of carbonyl (C=O) groups excluding carboxylic acids is 2. The van der Waals surface area contributed by atoms with Crippen molar-refractivity contribution in [1.29, 1.82) is 5.26 Å². The minimum Gasteiger partial charge on any atom is -0.393 e. The van der Waals surface area contributed by atoms with Crippen molar-refractivity contribution in [3.8, 4) is 6.07 Å². The summed E-state index contributed by atoms with van der Waals surface area (Å²) in [6, 6.07) is 7.16. The first-order chi connectivity index (χ1) is 19.7. The number of urea groups is 1. The van der Waals surface area contributed by atoms with E-state index in [0.717, 1.165) is 40.3 Å². The maximum atomic E-state index is 14.1. The minimum atomic E-state index is -4.72. The number of rotatable bonds is 5. The van der Waals surface area contributed by atoms with Crippen molar-refractivity contribution < 1.29 is 36.3 Å². The molecule has 0 spiro atoms. The Morgan fingerprint density at radius 2 is 1.86 bits per heavy atom. The highest BCUT2D eigenvalue weighted by molar-refractivity contribution is 7.90. The molecule has 1 fully saturated rings. The van der Waals surface area contributed by atoms with Crippen molar-refractivity contribution in [1.82, 2.24) is 9.80 Å². The van der Waals surface area contributed by atoms with Crippen LogP contribution in [0.3, 0.4) is 0 Å². The zero-order valence-corrected chi connectivity index (χ0v) is 23.4. The zero-order valence-electron chi connectivity index (χ0n) is 22.6. The van der Waals surface area contributed by atoms with Gasteiger partial charge in [-0.2, -0.15) is 18.4 Å². The molecule has 3 amide bonds. The lowest BCUT2D eigenvalue weighted by atomic mass is 9.96. The third-order valence-corrected chi connectivity index (χ3v) is 8.38. The number of aliphatic hydroxyl groups is 1. The van der Waals surface area contributed by atoms with Gasteiger partial charge < -0.3 is 14.9 Å². The summed E-state index contributed by atoms with van der Waals surface area (Å²) in [6.45, 7) is 9.07. The molecule has 0 aliphatic carbocycles. The Balaban J connectivity index is 1.93. The second kappa shape index (κ2) is 11.5. The highest BCUT2D eigenvalue weighted by atomic mass is 32.2. The quantitative estimate of drug-likeness (QED) is 0.515. The first kappa shape index (κ1) is 30.6. The number of hydrogen-bond acceptors (Lipinski definition) is 6. The van der Waals surface area contributed by atoms with Gasteiger partial charge >= 0.3 is 12.2 Å². The average Bonchev–Trinajstić information content (AvgIpc) is 2.93. The molecule has 1 N–H and O–H groups in total. The van der Waals surface area contributed by atoms with Crippen molar-refractivity contribution in [3.05, 3.63) is 82.0 Å². The number of aliphatic hydroxyl groups excluding tert-OH is 1. The lowest BCUT2D eigenvalue weighted by molar-refractivity contribution is -0.137. The van der Waals surface area contributed by atoms with Crippen LogP contribution in [0.5, 0.6) is 0 Å². The van der Waals surface area contributed by atoms with E-state index in [0.29, 0.717) is 12.8 Å². The molecule has 220 valence electrons. The van der Waals surface area contributed by atoms with E-state index in [4.69, 9.17) is 6.57 Å². The summed E-state index contributed by atoms with van der Waals surface area (Å²) < 4.78 is 66.2. The van der Waals surface area contributed by atoms with Gasteiger partial charge in [0.15, 0.2) is 9.84 Å². The normalized spacial score (nSPS) is 18.6. The predicted molar refractivity (Wildman–Crippen MR) is 144 cm³/mol. The summed E-state index contributed by atoms with van der Waals surface area (Å²) in [4.78, 5) is 34.0. The van der Waals surface area contributed by atoms with E-state index in [1.165, 1.54) is 30.0 Å². The van der Waals surface area contributed by atoms with Crippen molar-refractivity contribution >= 4 is 27.5 Å². The van der Waals surface area contributed by atoms with Gasteiger partial charge in [0, 0.05) is 30.7 Å². The van der Waals surface area contributed by atoms with Crippen LogP contribution in [0.25, 0.3) is 4.85 Å². The topological polar surface area (TPSA) is 126 Å². The Kier molecular flexibility index (Phi) is 8.34. The maximum absolute atomic E-state index is 14.1. The Bertz CT molecular complexity index is 1650. The third-order valence-electron chi connectivity index (χ3n) is 7.23. The summed E-state index contributed by atoms with van der Waals surface area (Å²) in [5.74, 6) is -0.553. The number of halogens is 3. The van der Waals surface area contributed by atoms with Crippen LogP contribution in [0, 0.1) is 17.9 Å². The van der Waals surface area contributed by atoms with Gasteiger partial charge in [0.1, 0.15) is 6.54 Å². The maximum Gasteiger partial charge on any atom is 0.416 e. The second-order valence-electron chi connectivity index (χ2n) is 10.0. The van der Waals surface area contributed by atoms with E-state index >= 15 is 0 Å². The number of sulfone groups is 1. The number of alkyl halides is 3. The Labute approximate surface area is 240 Å². The van der Waals surface area contributed by atoms with Crippen LogP contribution in [0.1, 0.15) is 42.5 Å². The number of amides is 3. The molecule has 2 heterocycles. The molecular formula is C28H26F3N5O5S. The van der Waals surface area contributed by atoms with Crippen molar-refractivity contribution in [2.24, 2.45) is 0 Å². The molecule has 2 aliphatic heterocycles. The van der Waals surface area contributed by atoms with Crippen molar-refractivity contribution in [2.45, 2.75) is 43.0 Å². The second-order valence-corrected chi connectivity index (χ2v) is 12.0. The number of nitrogens with zero attached hydrogens (tertiary/aromatic N) is 5. The molecule has 0 bridgehead atoms. The van der Waals surface area contributed by atoms with Gasteiger partial charge in [-0.15, -0.1) is 0 Å². The summed E-state index contributed by atoms with van der Waals surface area (Å²) in [6.07, 6.45) is -3.81. The molecule has 1 saturated heterocycles. The SMILES string of the molecule is [C-]#[N+]C1=C(C)N(c2cccc(C(F)(F)F)c2)C(=O)N(CC(=O)N2CCC(O)CC2)[C@@H]1c1ccc(C#N)cc1S(C)(=O)=O. The summed E-state index contributed by atoms with van der Waals surface area (Å²) >= 11 is 0. The van der Waals surface area contributed by atoms with Gasteiger partial charge in [-0.25, -0.2) is 18.1 Å². The number of piperidine rings is 1. The van der Waals surface area contributed by atoms with E-state index < -0.39 is 52.2 Å². The van der Waals surface area contributed by atoms with Gasteiger partial charge in [0.25, 0.3) is 0 Å². The molecular weight excluding hydrogens is 575 g/mol. The first-order valence-corrected chi connectivity index (χ1v) is 14.6. The number of carbonyl (C=O) groups is 2. The summed E-state index contributed by atoms with van der Waals surface area (Å²) in [7, 11) is -4.02. The van der Waals surface area contributed by atoms with Gasteiger partial charge in [0.2, 0.25) is 11.6 Å². The number of likely N-dealkylation sites (tertiary alicyclic amines) is 1. The average molecular weight is 602 g/mol. The van der Waals surface area contributed by atoms with Gasteiger partial charge in [0.05, 0.1) is 40.8 Å². The molecule has 2 aromatic carbocycles. The lowest BCUT2D eigenvalue weighted by Crippen LogP contribution is -2.54. The number of benzene rings is 2. The number of hydrogen-bond donors (Lipinski definition) is 1. The highest BCUT2D eigenvalue weighted by Crippen LogP contribution is 2.43. The zero-order chi connectivity index (χ0) is 31.0. The molecule has 1 atom stereocenters. The van der Waals surface area contributed by atoms with E-state index in [-0.39, 0.29) is 46.2 Å². The summed E-state index contributed by atoms with van der Waals surface area (Å²) in [5.41, 5.74) is -1.51. The van der Waals surface area contributed by atoms with Gasteiger partial charge in [-0.1, -0.05) is 12.1 Å². The van der Waals surface area contributed by atoms with Crippen LogP contribution in [-0.2, 0) is 20.8 Å². The fourth-order valence-corrected chi connectivity index (χ4v) is 6.04. The monoisotopic (exact) mass is 601 g/mol. The molecule has 2 aromatic rings. The van der Waals surface area contributed by atoms with E-state index in [2.05, 4.69) is 4.85 Å². The molecule has 14 heteroatoms. The largest absolute Gasteiger partial charge is 0.416 e. The van der Waals surface area contributed by atoms with Crippen LogP contribution < -0.4 is 4.90 Å². The third kappa shape index (κ3) is 5.95. The Morgan fingerprint density at radius 1 is 1.19 bits per heavy atom. The van der Waals surface area contributed by atoms with E-state index in [9.17, 15) is 41.5 Å². The van der Waals surface area contributed by atoms with Crippen LogP contribution in [0.4, 0.5) is 23.7 Å². The molecule has 0 unspecified atom stereocenters. The van der Waals surface area contributed by atoms with E-state index in [1.807, 2.05) is 6.07 Å². The predicted octanol–water partition coefficient (Wildman–Crippen LogP) is 4.10. The highest BCUT2D eigenvalue weighted by Gasteiger charge is 2.44. The van der Waals surface area contributed by atoms with Gasteiger partial charge in [-0.05, 0) is 55.7 Å². The molecule has 2 aliphatic rings. The Morgan fingerprint density at radius 3 is 2.43 bits per heavy atom. The van der Waals surface area contributed by atoms with Gasteiger partial charge in [-0.3, -0.25) is 9.69 Å². The number of allylic oxidation sites excluding steroid dienone is 1. The molecule has 10 nitrogen and oxygen atoms in total. The van der Waals surface area contributed by atoms with Crippen LogP contribution in [-0.4, -0.2) is 67.3 Å². The number of anilines is 1. The number of nitriles is 1. The van der Waals surface area contributed by atoms with Crippen molar-refractivity contribution in [3.63, 3.8) is 0 Å². The molecule has 0 aromatic heterocycles. The first-order valence-electron chi connectivity index (χ1n) is 12.7. The Hall–Kier alpha value is -4.40. The fourth-order valence-electron chi connectivity index (χ4n) is 5.10. The van der Waals surface area contributed by atoms with Crippen molar-refractivity contribution in [2.75, 3.05) is 30.8 Å². The lowest BCUT2D eigenvalue weighted by Gasteiger charge is -2.43. The summed E-state index contributed by atoms with van der Waals surface area (Å²) in [5, 5.41) is 19.2. The molecule has 0 radical (unpaired) electrons. The smallest absolute Gasteiger partial charge is 0.393 e. The van der Waals surface area contributed by atoms with E-state index in [1.54, 1.807) is 0 Å². The van der Waals surface area contributed by atoms with Crippen LogP contribution in [0.15, 0.2) is 58.8 Å². The van der Waals surface area contributed by atoms with Crippen LogP contribution >= 0.6 is 0 Å². The molecule has 4 rings (SSSR count). The minimum absolute atomic E-state index is 0.00599. The standard InChI is InChI=1S/C28H26F3N5O5S/c1-17-25(33-2)26(22-8-7-18(15-32)13-23(22)42(3,40)41)35(16-24(38)34-11-9-21(37)10-12-34)27(39)36(17)20-6-4-5-19(14-20)28(29,30)31/h4-8,13-14,21,26,37H,9-12,16H2,1,3H3/t26-/m1/s1. The fraction of sp³-hybridized carbons (Fsp3) is 0.357. The molecule has 0 saturated carbocycles.